The van der Waals surface area contributed by atoms with Gasteiger partial charge in [0, 0.05) is 24.9 Å². The van der Waals surface area contributed by atoms with E-state index in [1.54, 1.807) is 0 Å². The van der Waals surface area contributed by atoms with E-state index in [4.69, 9.17) is 0 Å². The molecule has 0 saturated heterocycles. The summed E-state index contributed by atoms with van der Waals surface area (Å²) < 4.78 is 0. The van der Waals surface area contributed by atoms with Gasteiger partial charge in [-0.2, -0.15) is 0 Å². The van der Waals surface area contributed by atoms with Crippen molar-refractivity contribution in [3.8, 4) is 0 Å². The molecule has 0 spiro atoms. The van der Waals surface area contributed by atoms with Crippen LogP contribution in [0, 0.1) is 0 Å². The van der Waals surface area contributed by atoms with Gasteiger partial charge < -0.3 is 4.90 Å². The summed E-state index contributed by atoms with van der Waals surface area (Å²) in [4.78, 5) is 13.7. The molecule has 0 N–H and O–H groups in total. The van der Waals surface area contributed by atoms with Crippen molar-refractivity contribution in [1.82, 2.24) is 4.90 Å². The molecule has 2 aliphatic rings. The average molecular weight is 195 g/mol. The molecule has 0 unspecified atom stereocenters. The zero-order valence-corrected chi connectivity index (χ0v) is 9.17. The normalized spacial score (nSPS) is 26.3. The molecular formula is C12H21NO. The maximum Gasteiger partial charge on any atom is 0.133 e. The first kappa shape index (κ1) is 10.2. The molecule has 0 bridgehead atoms. The fourth-order valence-corrected chi connectivity index (χ4v) is 2.94. The smallest absolute Gasteiger partial charge is 0.133 e. The molecule has 0 heterocycles. The van der Waals surface area contributed by atoms with Gasteiger partial charge in [0.05, 0.1) is 0 Å². The van der Waals surface area contributed by atoms with Crippen molar-refractivity contribution in [1.29, 1.82) is 0 Å². The van der Waals surface area contributed by atoms with E-state index < -0.39 is 0 Å². The number of hydrogen-bond donors (Lipinski definition) is 0. The Balaban J connectivity index is 1.84. The number of ketones is 1. The highest BCUT2D eigenvalue weighted by atomic mass is 16.1. The van der Waals surface area contributed by atoms with Crippen LogP contribution in [0.15, 0.2) is 0 Å². The zero-order chi connectivity index (χ0) is 9.97. The lowest BCUT2D eigenvalue weighted by atomic mass is 9.92. The quantitative estimate of drug-likeness (QED) is 0.674. The van der Waals surface area contributed by atoms with Crippen molar-refractivity contribution in [2.24, 2.45) is 0 Å². The summed E-state index contributed by atoms with van der Waals surface area (Å²) in [6.07, 6.45) is 9.41. The molecule has 2 saturated carbocycles. The summed E-state index contributed by atoms with van der Waals surface area (Å²) in [6.45, 7) is 0. The molecule has 0 aromatic carbocycles. The van der Waals surface area contributed by atoms with Crippen LogP contribution in [0.25, 0.3) is 0 Å². The maximum atomic E-state index is 11.1. The Hall–Kier alpha value is -0.370. The molecule has 0 atom stereocenters. The highest BCUT2D eigenvalue weighted by Crippen LogP contribution is 2.28. The van der Waals surface area contributed by atoms with Gasteiger partial charge in [0.25, 0.3) is 0 Å². The first-order valence-electron chi connectivity index (χ1n) is 6.01. The fourth-order valence-electron chi connectivity index (χ4n) is 2.94. The number of carbonyl (C=O) groups is 1. The second kappa shape index (κ2) is 4.43. The SMILES string of the molecule is CN(C1CCCC1)C1CCC(=O)CC1. The van der Waals surface area contributed by atoms with Crippen molar-refractivity contribution in [2.75, 3.05) is 7.05 Å². The zero-order valence-electron chi connectivity index (χ0n) is 9.17. The van der Waals surface area contributed by atoms with E-state index in [0.717, 1.165) is 31.7 Å². The molecule has 0 aromatic heterocycles. The van der Waals surface area contributed by atoms with E-state index in [2.05, 4.69) is 11.9 Å². The predicted octanol–water partition coefficient (Wildman–Crippen LogP) is 2.37. The van der Waals surface area contributed by atoms with E-state index in [-0.39, 0.29) is 0 Å². The van der Waals surface area contributed by atoms with Gasteiger partial charge in [0.15, 0.2) is 0 Å². The molecule has 2 rings (SSSR count). The van der Waals surface area contributed by atoms with Crippen LogP contribution in [-0.2, 0) is 4.79 Å². The molecular weight excluding hydrogens is 174 g/mol. The maximum absolute atomic E-state index is 11.1. The third kappa shape index (κ3) is 2.17. The van der Waals surface area contributed by atoms with Crippen LogP contribution in [0.5, 0.6) is 0 Å². The first-order valence-corrected chi connectivity index (χ1v) is 6.01. The van der Waals surface area contributed by atoms with Crippen molar-refractivity contribution in [3.05, 3.63) is 0 Å². The summed E-state index contributed by atoms with van der Waals surface area (Å²) in [5, 5.41) is 0. The average Bonchev–Trinajstić information content (AvgIpc) is 2.71. The molecule has 2 heteroatoms. The Labute approximate surface area is 86.7 Å². The van der Waals surface area contributed by atoms with E-state index in [1.807, 2.05) is 0 Å². The molecule has 0 aliphatic heterocycles. The highest BCUT2D eigenvalue weighted by molar-refractivity contribution is 5.79. The van der Waals surface area contributed by atoms with Gasteiger partial charge >= 0.3 is 0 Å². The lowest BCUT2D eigenvalue weighted by Gasteiger charge is -2.35. The van der Waals surface area contributed by atoms with E-state index in [9.17, 15) is 4.79 Å². The van der Waals surface area contributed by atoms with Gasteiger partial charge in [-0.15, -0.1) is 0 Å². The third-order valence-electron chi connectivity index (χ3n) is 3.99. The second-order valence-corrected chi connectivity index (χ2v) is 4.87. The number of hydrogen-bond acceptors (Lipinski definition) is 2. The van der Waals surface area contributed by atoms with Crippen LogP contribution in [0.3, 0.4) is 0 Å². The number of nitrogens with zero attached hydrogens (tertiary/aromatic N) is 1. The summed E-state index contributed by atoms with van der Waals surface area (Å²) in [5.41, 5.74) is 0. The molecule has 80 valence electrons. The Morgan fingerprint density at radius 1 is 1.00 bits per heavy atom. The number of carbonyl (C=O) groups excluding carboxylic acids is 1. The van der Waals surface area contributed by atoms with Crippen LogP contribution in [-0.4, -0.2) is 29.8 Å². The minimum absolute atomic E-state index is 0.473. The molecule has 2 fully saturated rings. The fraction of sp³-hybridized carbons (Fsp3) is 0.917. The van der Waals surface area contributed by atoms with Gasteiger partial charge in [0.2, 0.25) is 0 Å². The molecule has 2 aliphatic carbocycles. The molecule has 0 aromatic rings. The number of rotatable bonds is 2. The minimum Gasteiger partial charge on any atom is -0.300 e. The second-order valence-electron chi connectivity index (χ2n) is 4.87. The van der Waals surface area contributed by atoms with Gasteiger partial charge in [0.1, 0.15) is 5.78 Å². The van der Waals surface area contributed by atoms with Crippen molar-refractivity contribution in [2.45, 2.75) is 63.5 Å². The first-order chi connectivity index (χ1) is 6.77. The summed E-state index contributed by atoms with van der Waals surface area (Å²) in [6, 6.07) is 1.50. The van der Waals surface area contributed by atoms with Crippen LogP contribution in [0.2, 0.25) is 0 Å². The minimum atomic E-state index is 0.473. The molecule has 0 amide bonds. The van der Waals surface area contributed by atoms with Crippen LogP contribution in [0.1, 0.15) is 51.4 Å². The Morgan fingerprint density at radius 2 is 1.50 bits per heavy atom. The van der Waals surface area contributed by atoms with Gasteiger partial charge in [-0.1, -0.05) is 12.8 Å². The molecule has 2 nitrogen and oxygen atoms in total. The summed E-state index contributed by atoms with van der Waals surface area (Å²) in [7, 11) is 2.26. The Kier molecular flexibility index (Phi) is 3.22. The monoisotopic (exact) mass is 195 g/mol. The largest absolute Gasteiger partial charge is 0.300 e. The van der Waals surface area contributed by atoms with Gasteiger partial charge in [-0.25, -0.2) is 0 Å². The van der Waals surface area contributed by atoms with Crippen molar-refractivity contribution >= 4 is 5.78 Å². The molecule has 14 heavy (non-hydrogen) atoms. The predicted molar refractivity (Wildman–Crippen MR) is 57.3 cm³/mol. The van der Waals surface area contributed by atoms with E-state index in [0.29, 0.717) is 11.8 Å². The van der Waals surface area contributed by atoms with Gasteiger partial charge in [-0.05, 0) is 32.7 Å². The lowest BCUT2D eigenvalue weighted by molar-refractivity contribution is -0.121. The third-order valence-corrected chi connectivity index (χ3v) is 3.99. The molecule has 0 radical (unpaired) electrons. The van der Waals surface area contributed by atoms with Crippen LogP contribution >= 0.6 is 0 Å². The highest BCUT2D eigenvalue weighted by Gasteiger charge is 2.28. The van der Waals surface area contributed by atoms with Crippen LogP contribution in [0.4, 0.5) is 0 Å². The lowest BCUT2D eigenvalue weighted by Crippen LogP contribution is -2.41. The Bertz CT molecular complexity index is 198. The summed E-state index contributed by atoms with van der Waals surface area (Å²) >= 11 is 0. The van der Waals surface area contributed by atoms with E-state index >= 15 is 0 Å². The van der Waals surface area contributed by atoms with Crippen molar-refractivity contribution < 1.29 is 4.79 Å². The van der Waals surface area contributed by atoms with Gasteiger partial charge in [-0.3, -0.25) is 4.79 Å². The number of Topliss-reactive ketones (excluding diaryl/α,β-unsaturated/α-hetero) is 1. The topological polar surface area (TPSA) is 20.3 Å². The van der Waals surface area contributed by atoms with Crippen molar-refractivity contribution in [3.63, 3.8) is 0 Å². The van der Waals surface area contributed by atoms with Crippen LogP contribution < -0.4 is 0 Å². The van der Waals surface area contributed by atoms with E-state index in [1.165, 1.54) is 25.7 Å². The summed E-state index contributed by atoms with van der Waals surface area (Å²) in [5.74, 6) is 0.473. The Morgan fingerprint density at radius 3 is 2.07 bits per heavy atom. The standard InChI is InChI=1S/C12H21NO/c1-13(10-4-2-3-5-10)11-6-8-12(14)9-7-11/h10-11H,2-9H2,1H3.